The van der Waals surface area contributed by atoms with Crippen LogP contribution < -0.4 is 0 Å². The summed E-state index contributed by atoms with van der Waals surface area (Å²) in [6, 6.07) is 75.7. The van der Waals surface area contributed by atoms with E-state index < -0.39 is 0 Å². The van der Waals surface area contributed by atoms with Gasteiger partial charge in [-0.1, -0.05) is 176 Å². The predicted molar refractivity (Wildman–Crippen MR) is 239 cm³/mol. The van der Waals surface area contributed by atoms with Gasteiger partial charge in [-0.3, -0.25) is 0 Å². The van der Waals surface area contributed by atoms with Crippen LogP contribution in [-0.4, -0.2) is 14.5 Å². The Kier molecular flexibility index (Phi) is 7.82. The molecule has 0 aliphatic rings. The lowest BCUT2D eigenvalue weighted by Gasteiger charge is -2.14. The SMILES string of the molecule is c1ccc(-c2cc(-c3ccc4ccccc4c3)nc(-c3ccc(-c4ccc(-c5ccc(-n6c7ccccc7c7ccccc76)cc5)c5ccccc45)cc3)n2)cc1. The van der Waals surface area contributed by atoms with Crippen molar-refractivity contribution in [3.63, 3.8) is 0 Å². The van der Waals surface area contributed by atoms with Crippen LogP contribution >= 0.6 is 0 Å². The van der Waals surface area contributed by atoms with Crippen LogP contribution in [0.25, 0.3) is 105 Å². The molecule has 0 saturated heterocycles. The van der Waals surface area contributed by atoms with Gasteiger partial charge in [0.05, 0.1) is 22.4 Å². The van der Waals surface area contributed by atoms with Crippen molar-refractivity contribution >= 4 is 43.4 Å². The molecule has 2 heterocycles. The minimum absolute atomic E-state index is 0.704. The van der Waals surface area contributed by atoms with Crippen LogP contribution in [0, 0.1) is 0 Å². The van der Waals surface area contributed by atoms with Crippen LogP contribution in [0.15, 0.2) is 212 Å². The van der Waals surface area contributed by atoms with E-state index in [1.54, 1.807) is 0 Å². The molecule has 0 N–H and O–H groups in total. The van der Waals surface area contributed by atoms with E-state index in [4.69, 9.17) is 9.97 Å². The van der Waals surface area contributed by atoms with E-state index in [0.29, 0.717) is 5.82 Å². The summed E-state index contributed by atoms with van der Waals surface area (Å²) >= 11 is 0. The van der Waals surface area contributed by atoms with E-state index in [-0.39, 0.29) is 0 Å². The maximum absolute atomic E-state index is 5.14. The number of hydrogen-bond acceptors (Lipinski definition) is 2. The van der Waals surface area contributed by atoms with Crippen molar-refractivity contribution in [3.05, 3.63) is 212 Å². The van der Waals surface area contributed by atoms with Gasteiger partial charge < -0.3 is 4.57 Å². The second-order valence-electron chi connectivity index (χ2n) is 14.6. The van der Waals surface area contributed by atoms with Crippen molar-refractivity contribution in [2.24, 2.45) is 0 Å². The Morgan fingerprint density at radius 3 is 1.40 bits per heavy atom. The van der Waals surface area contributed by atoms with Crippen LogP contribution in [-0.2, 0) is 0 Å². The van der Waals surface area contributed by atoms with Gasteiger partial charge in [-0.2, -0.15) is 0 Å². The number of hydrogen-bond donors (Lipinski definition) is 0. The average Bonchev–Trinajstić information content (AvgIpc) is 3.63. The minimum Gasteiger partial charge on any atom is -0.309 e. The number of benzene rings is 9. The molecule has 57 heavy (non-hydrogen) atoms. The maximum Gasteiger partial charge on any atom is 0.160 e. The summed E-state index contributed by atoms with van der Waals surface area (Å²) in [5.41, 5.74) is 13.2. The smallest absolute Gasteiger partial charge is 0.160 e. The van der Waals surface area contributed by atoms with Crippen molar-refractivity contribution < 1.29 is 0 Å². The van der Waals surface area contributed by atoms with Crippen LogP contribution in [0.4, 0.5) is 0 Å². The van der Waals surface area contributed by atoms with Crippen molar-refractivity contribution in [1.82, 2.24) is 14.5 Å². The zero-order valence-corrected chi connectivity index (χ0v) is 31.0. The van der Waals surface area contributed by atoms with Crippen molar-refractivity contribution in [2.75, 3.05) is 0 Å². The van der Waals surface area contributed by atoms with Gasteiger partial charge in [-0.15, -0.1) is 0 Å². The Morgan fingerprint density at radius 2 is 0.772 bits per heavy atom. The van der Waals surface area contributed by atoms with E-state index in [2.05, 4.69) is 211 Å². The molecule has 0 bridgehead atoms. The molecule has 9 aromatic carbocycles. The predicted octanol–water partition coefficient (Wildman–Crippen LogP) is 14.2. The molecular weight excluding hydrogens is 691 g/mol. The molecule has 0 fully saturated rings. The molecule has 266 valence electrons. The first-order chi connectivity index (χ1) is 28.2. The number of fused-ring (bicyclic) bond motifs is 5. The fourth-order valence-electron chi connectivity index (χ4n) is 8.42. The maximum atomic E-state index is 5.14. The molecule has 0 unspecified atom stereocenters. The summed E-state index contributed by atoms with van der Waals surface area (Å²) in [7, 11) is 0. The monoisotopic (exact) mass is 725 g/mol. The number of rotatable bonds is 6. The Balaban J connectivity index is 0.953. The Bertz CT molecular complexity index is 3220. The van der Waals surface area contributed by atoms with Crippen molar-refractivity contribution in [3.8, 4) is 61.8 Å². The fraction of sp³-hybridized carbons (Fsp3) is 0. The molecule has 0 aliphatic carbocycles. The molecule has 0 atom stereocenters. The second kappa shape index (κ2) is 13.6. The van der Waals surface area contributed by atoms with Gasteiger partial charge >= 0.3 is 0 Å². The first kappa shape index (κ1) is 32.8. The molecule has 0 saturated carbocycles. The van der Waals surface area contributed by atoms with Crippen LogP contribution in [0.3, 0.4) is 0 Å². The summed E-state index contributed by atoms with van der Waals surface area (Å²) in [6.45, 7) is 0. The number of nitrogens with zero attached hydrogens (tertiary/aromatic N) is 3. The second-order valence-corrected chi connectivity index (χ2v) is 14.6. The fourth-order valence-corrected chi connectivity index (χ4v) is 8.42. The van der Waals surface area contributed by atoms with Gasteiger partial charge in [-0.25, -0.2) is 9.97 Å². The lowest BCUT2D eigenvalue weighted by molar-refractivity contribution is 1.18. The minimum atomic E-state index is 0.704. The Hall–Kier alpha value is -7.62. The van der Waals surface area contributed by atoms with Gasteiger partial charge in [0.1, 0.15) is 0 Å². The molecule has 2 aromatic heterocycles. The molecule has 3 nitrogen and oxygen atoms in total. The Labute approximate surface area is 330 Å². The van der Waals surface area contributed by atoms with E-state index in [1.807, 2.05) is 6.07 Å². The first-order valence-electron chi connectivity index (χ1n) is 19.4. The quantitative estimate of drug-likeness (QED) is 0.171. The van der Waals surface area contributed by atoms with Gasteiger partial charge in [0.25, 0.3) is 0 Å². The normalized spacial score (nSPS) is 11.5. The van der Waals surface area contributed by atoms with E-state index in [0.717, 1.165) is 39.3 Å². The van der Waals surface area contributed by atoms with Gasteiger partial charge in [0.2, 0.25) is 0 Å². The summed E-state index contributed by atoms with van der Waals surface area (Å²) in [5.74, 6) is 0.704. The Morgan fingerprint density at radius 1 is 0.298 bits per heavy atom. The topological polar surface area (TPSA) is 30.7 Å². The average molecular weight is 726 g/mol. The van der Waals surface area contributed by atoms with E-state index in [1.165, 1.54) is 60.0 Å². The zero-order valence-electron chi connectivity index (χ0n) is 31.0. The first-order valence-corrected chi connectivity index (χ1v) is 19.4. The standard InChI is InChI=1S/C54H35N3/c1-2-13-39(14-3-1)50-35-51(42-27-22-36-12-4-5-15-41(36)34-42)56-54(55-50)40-25-23-37(24-26-40)44-32-33-45(47-17-7-6-16-46(44)47)38-28-30-43(31-29-38)57-52-20-10-8-18-48(52)49-19-9-11-21-53(49)57/h1-35H. The molecule has 0 aliphatic heterocycles. The van der Waals surface area contributed by atoms with E-state index in [9.17, 15) is 0 Å². The highest BCUT2D eigenvalue weighted by Gasteiger charge is 2.15. The molecule has 0 amide bonds. The lowest BCUT2D eigenvalue weighted by atomic mass is 9.92. The third-order valence-electron chi connectivity index (χ3n) is 11.2. The molecule has 0 radical (unpaired) electrons. The van der Waals surface area contributed by atoms with Gasteiger partial charge in [0.15, 0.2) is 5.82 Å². The number of para-hydroxylation sites is 2. The molecular formula is C54H35N3. The molecule has 11 rings (SSSR count). The summed E-state index contributed by atoms with van der Waals surface area (Å²) in [4.78, 5) is 10.2. The number of aromatic nitrogens is 3. The third-order valence-corrected chi connectivity index (χ3v) is 11.2. The van der Waals surface area contributed by atoms with E-state index >= 15 is 0 Å². The zero-order chi connectivity index (χ0) is 37.7. The van der Waals surface area contributed by atoms with Crippen molar-refractivity contribution in [2.45, 2.75) is 0 Å². The summed E-state index contributed by atoms with van der Waals surface area (Å²) in [6.07, 6.45) is 0. The highest BCUT2D eigenvalue weighted by atomic mass is 15.0. The van der Waals surface area contributed by atoms with Crippen LogP contribution in [0.2, 0.25) is 0 Å². The van der Waals surface area contributed by atoms with Gasteiger partial charge in [-0.05, 0) is 80.2 Å². The summed E-state index contributed by atoms with van der Waals surface area (Å²) in [5, 5.41) is 7.38. The van der Waals surface area contributed by atoms with Crippen LogP contribution in [0.5, 0.6) is 0 Å². The van der Waals surface area contributed by atoms with Crippen LogP contribution in [0.1, 0.15) is 0 Å². The largest absolute Gasteiger partial charge is 0.309 e. The third kappa shape index (κ3) is 5.76. The highest BCUT2D eigenvalue weighted by Crippen LogP contribution is 2.38. The van der Waals surface area contributed by atoms with Gasteiger partial charge in [0, 0.05) is 33.2 Å². The summed E-state index contributed by atoms with van der Waals surface area (Å²) < 4.78 is 2.37. The van der Waals surface area contributed by atoms with Crippen molar-refractivity contribution in [1.29, 1.82) is 0 Å². The molecule has 3 heteroatoms. The molecule has 11 aromatic rings. The highest BCUT2D eigenvalue weighted by molar-refractivity contribution is 6.09. The molecule has 0 spiro atoms. The lowest BCUT2D eigenvalue weighted by Crippen LogP contribution is -1.96.